The van der Waals surface area contributed by atoms with E-state index in [9.17, 15) is 19.2 Å². The number of fused-ring (bicyclic) bond motifs is 1. The van der Waals surface area contributed by atoms with Crippen molar-refractivity contribution in [1.82, 2.24) is 20.9 Å². The zero-order valence-corrected chi connectivity index (χ0v) is 44.9. The molecule has 394 valence electrons. The first kappa shape index (κ1) is 62.3. The number of ether oxygens (including phenoxy) is 1. The van der Waals surface area contributed by atoms with Crippen molar-refractivity contribution in [3.05, 3.63) is 156 Å². The van der Waals surface area contributed by atoms with Crippen LogP contribution in [0.25, 0.3) is 0 Å². The molecule has 0 bridgehead atoms. The van der Waals surface area contributed by atoms with Crippen molar-refractivity contribution >= 4 is 40.3 Å². The molecule has 0 radical (unpaired) electrons. The lowest BCUT2D eigenvalue weighted by Gasteiger charge is -2.21. The molecule has 1 aliphatic carbocycles. The van der Waals surface area contributed by atoms with Gasteiger partial charge in [-0.2, -0.15) is 0 Å². The molecule has 0 saturated carbocycles. The molecule has 4 amide bonds. The summed E-state index contributed by atoms with van der Waals surface area (Å²) in [6, 6.07) is -0.758. The van der Waals surface area contributed by atoms with Gasteiger partial charge in [0.15, 0.2) is 5.13 Å². The summed E-state index contributed by atoms with van der Waals surface area (Å²) >= 11 is 1.38. The van der Waals surface area contributed by atoms with E-state index >= 15 is 0 Å². The number of rotatable bonds is 39. The quantitative estimate of drug-likeness (QED) is 0.0383. The van der Waals surface area contributed by atoms with Crippen molar-refractivity contribution in [3.8, 4) is 0 Å². The van der Waals surface area contributed by atoms with Crippen molar-refractivity contribution < 1.29 is 23.9 Å². The Morgan fingerprint density at radius 1 is 0.569 bits per heavy atom. The first-order chi connectivity index (χ1) is 35.4. The summed E-state index contributed by atoms with van der Waals surface area (Å²) < 4.78 is 5.61. The van der Waals surface area contributed by atoms with Gasteiger partial charge >= 0.3 is 6.09 Å². The van der Waals surface area contributed by atoms with E-state index < -0.39 is 12.1 Å². The van der Waals surface area contributed by atoms with Gasteiger partial charge in [0.1, 0.15) is 12.1 Å². The van der Waals surface area contributed by atoms with Crippen molar-refractivity contribution in [2.75, 3.05) is 18.4 Å². The zero-order valence-electron chi connectivity index (χ0n) is 44.1. The lowest BCUT2D eigenvalue weighted by molar-refractivity contribution is -0.126. The molecule has 72 heavy (non-hydrogen) atoms. The second-order valence-electron chi connectivity index (χ2n) is 17.4. The van der Waals surface area contributed by atoms with Crippen LogP contribution in [0.4, 0.5) is 9.93 Å². The molecule has 1 aromatic rings. The predicted molar refractivity (Wildman–Crippen MR) is 305 cm³/mol. The topological polar surface area (TPSA) is 139 Å². The molecule has 10 nitrogen and oxygen atoms in total. The van der Waals surface area contributed by atoms with Crippen molar-refractivity contribution in [3.63, 3.8) is 0 Å². The zero-order chi connectivity index (χ0) is 51.8. The Hall–Kier alpha value is -5.81. The maximum Gasteiger partial charge on any atom is 0.407 e. The number of hydrogen-bond donors (Lipinski definition) is 4. The highest BCUT2D eigenvalue weighted by Gasteiger charge is 2.27. The highest BCUT2D eigenvalue weighted by atomic mass is 32.1. The monoisotopic (exact) mass is 1000 g/mol. The van der Waals surface area contributed by atoms with E-state index in [-0.39, 0.29) is 30.2 Å². The maximum atomic E-state index is 13.7. The summed E-state index contributed by atoms with van der Waals surface area (Å²) in [7, 11) is 0. The van der Waals surface area contributed by atoms with Gasteiger partial charge in [-0.3, -0.25) is 14.4 Å². The number of thiazole rings is 1. The number of allylic oxidation sites excluding steroid dienone is 24. The summed E-state index contributed by atoms with van der Waals surface area (Å²) in [5.74, 6) is -0.527. The van der Waals surface area contributed by atoms with E-state index in [1.807, 2.05) is 19.1 Å². The fraction of sp³-hybridized carbons (Fsp3) is 0.492. The second-order valence-corrected chi connectivity index (χ2v) is 18.5. The third-order valence-electron chi connectivity index (χ3n) is 11.1. The Morgan fingerprint density at radius 2 is 1.01 bits per heavy atom. The Morgan fingerprint density at radius 3 is 1.47 bits per heavy atom. The van der Waals surface area contributed by atoms with Gasteiger partial charge in [0.2, 0.25) is 17.7 Å². The van der Waals surface area contributed by atoms with Crippen LogP contribution in [0.3, 0.4) is 0 Å². The van der Waals surface area contributed by atoms with Crippen LogP contribution in [-0.4, -0.2) is 54.0 Å². The molecule has 0 fully saturated rings. The number of alkyl carbamates (subject to hydrolysis) is 1. The molecule has 2 atom stereocenters. The van der Waals surface area contributed by atoms with Gasteiger partial charge < -0.3 is 26.0 Å². The van der Waals surface area contributed by atoms with Crippen LogP contribution in [0, 0.1) is 0 Å². The summed E-state index contributed by atoms with van der Waals surface area (Å²) in [6.07, 6.45) is 68.9. The first-order valence-electron chi connectivity index (χ1n) is 27.0. The summed E-state index contributed by atoms with van der Waals surface area (Å²) in [6.45, 7) is 7.34. The number of anilines is 1. The van der Waals surface area contributed by atoms with Gasteiger partial charge in [0.25, 0.3) is 0 Å². The summed E-state index contributed by atoms with van der Waals surface area (Å²) in [5.41, 5.74) is 0.901. The fourth-order valence-electron chi connectivity index (χ4n) is 7.14. The van der Waals surface area contributed by atoms with Crippen LogP contribution < -0.4 is 21.3 Å². The Balaban J connectivity index is 1.76. The smallest absolute Gasteiger partial charge is 0.407 e. The maximum absolute atomic E-state index is 13.7. The number of carbonyl (C=O) groups is 4. The number of aryl methyl sites for hydroxylation is 1. The van der Waals surface area contributed by atoms with Gasteiger partial charge in [0.05, 0.1) is 5.69 Å². The van der Waals surface area contributed by atoms with Gasteiger partial charge in [-0.1, -0.05) is 167 Å². The molecule has 0 saturated heterocycles. The van der Waals surface area contributed by atoms with Gasteiger partial charge in [-0.05, 0) is 128 Å². The minimum absolute atomic E-state index is 0.00603. The largest absolute Gasteiger partial charge is 0.446 e. The van der Waals surface area contributed by atoms with E-state index in [0.717, 1.165) is 94.0 Å². The van der Waals surface area contributed by atoms with Gasteiger partial charge in [-0.15, -0.1) is 11.3 Å². The van der Waals surface area contributed by atoms with E-state index in [0.29, 0.717) is 76.0 Å². The van der Waals surface area contributed by atoms with Gasteiger partial charge in [-0.25, -0.2) is 9.78 Å². The summed E-state index contributed by atoms with van der Waals surface area (Å²) in [5, 5.41) is 12.1. The van der Waals surface area contributed by atoms with Crippen LogP contribution in [0.5, 0.6) is 0 Å². The van der Waals surface area contributed by atoms with E-state index in [1.54, 1.807) is 0 Å². The lowest BCUT2D eigenvalue weighted by atomic mass is 10.0. The SMILES string of the molecule is CC/C=C\C/C=C\C/C=C\C/C=C\C/C=C\C/C=C\CCC(=O)NCCCC[C@H](NC(=O)CC/C=C\C/C=C\C/C=C\C/C=C\C/C=C\C/C=C\CC)C(=O)Nc1nc2c(s1)C[C@H](OC(=O)NCCC)CC2. The minimum Gasteiger partial charge on any atom is -0.446 e. The third-order valence-corrected chi connectivity index (χ3v) is 12.1. The standard InChI is InChI=1S/C61H89N5O5S/c1-4-7-9-11-13-15-17-19-21-23-25-27-29-31-33-35-37-39-41-46-57(67)62-51-44-43-45-55(59(69)66-60-65-54-49-48-53(52-56(54)72-60)71-61(70)63-50-6-3)64-58(68)47-42-40-38-36-34-32-30-28-26-24-22-20-18-16-14-12-10-8-5-2/h7-10,13-16,19-22,25-28,31-34,37-40,53,55H,4-6,11-12,17-18,23-24,29-30,35-36,41-52H2,1-3H3,(H,62,67)(H,63,70)(H,64,68)(H,65,66,69)/b9-7-,10-8-,15-13-,16-14-,21-19-,22-20-,27-25-,28-26-,33-31-,34-32-,39-37-,40-38-/t53-,55+/m1/s1. The van der Waals surface area contributed by atoms with Crippen LogP contribution in [0.1, 0.15) is 166 Å². The van der Waals surface area contributed by atoms with Crippen LogP contribution in [0.15, 0.2) is 146 Å². The van der Waals surface area contributed by atoms with Crippen molar-refractivity contribution in [2.24, 2.45) is 0 Å². The van der Waals surface area contributed by atoms with Crippen molar-refractivity contribution in [2.45, 2.75) is 181 Å². The van der Waals surface area contributed by atoms with Crippen LogP contribution in [0.2, 0.25) is 0 Å². The Labute approximate surface area is 438 Å². The average molecular weight is 1000 g/mol. The van der Waals surface area contributed by atoms with E-state index in [2.05, 4.69) is 174 Å². The van der Waals surface area contributed by atoms with Gasteiger partial charge in [0, 0.05) is 37.2 Å². The minimum atomic E-state index is -0.758. The number of aromatic nitrogens is 1. The fourth-order valence-corrected chi connectivity index (χ4v) is 8.22. The normalized spacial score (nSPS) is 15.0. The number of nitrogens with one attached hydrogen (secondary N) is 4. The molecule has 1 aromatic heterocycles. The average Bonchev–Trinajstić information content (AvgIpc) is 3.78. The first-order valence-corrected chi connectivity index (χ1v) is 27.8. The highest BCUT2D eigenvalue weighted by Crippen LogP contribution is 2.31. The molecule has 1 heterocycles. The lowest BCUT2D eigenvalue weighted by Crippen LogP contribution is -2.43. The number of unbranched alkanes of at least 4 members (excludes halogenated alkanes) is 1. The van der Waals surface area contributed by atoms with E-state index in [1.165, 1.54) is 11.3 Å². The van der Waals surface area contributed by atoms with Crippen LogP contribution >= 0.6 is 11.3 Å². The molecule has 1 aliphatic rings. The number of amides is 4. The molecule has 11 heteroatoms. The Kier molecular flexibility index (Phi) is 39.0. The highest BCUT2D eigenvalue weighted by molar-refractivity contribution is 7.15. The third kappa shape index (κ3) is 35.3. The summed E-state index contributed by atoms with van der Waals surface area (Å²) in [4.78, 5) is 57.2. The number of carbonyl (C=O) groups excluding carboxylic acids is 4. The molecular weight excluding hydrogens is 915 g/mol. The predicted octanol–water partition coefficient (Wildman–Crippen LogP) is 14.8. The number of nitrogens with zero attached hydrogens (tertiary/aromatic N) is 1. The molecule has 2 rings (SSSR count). The molecule has 0 aliphatic heterocycles. The molecule has 0 aromatic carbocycles. The second kappa shape index (κ2) is 45.1. The number of hydrogen-bond acceptors (Lipinski definition) is 7. The molecule has 0 spiro atoms. The van der Waals surface area contributed by atoms with Crippen LogP contribution in [-0.2, 0) is 32.0 Å². The molecule has 4 N–H and O–H groups in total. The van der Waals surface area contributed by atoms with E-state index in [4.69, 9.17) is 4.74 Å². The molecule has 0 unspecified atom stereocenters. The van der Waals surface area contributed by atoms with Crippen molar-refractivity contribution in [1.29, 1.82) is 0 Å². The molecular formula is C61H89N5O5S. The Bertz CT molecular complexity index is 2010.